The molecule has 2 aromatic heterocycles. The van der Waals surface area contributed by atoms with Crippen LogP contribution in [0.25, 0.3) is 22.0 Å². The van der Waals surface area contributed by atoms with E-state index in [1.54, 1.807) is 12.1 Å². The number of hydrogen-bond donors (Lipinski definition) is 1. The lowest BCUT2D eigenvalue weighted by molar-refractivity contribution is 0.0302. The molecule has 28 heavy (non-hydrogen) atoms. The summed E-state index contributed by atoms with van der Waals surface area (Å²) in [5.41, 5.74) is 8.55. The molecule has 0 saturated carbocycles. The van der Waals surface area contributed by atoms with Crippen molar-refractivity contribution in [2.45, 2.75) is 38.4 Å². The number of pyridine rings is 2. The number of ether oxygens (including phenoxy) is 1. The molecule has 2 unspecified atom stereocenters. The Balaban J connectivity index is 1.66. The summed E-state index contributed by atoms with van der Waals surface area (Å²) in [5.74, 6) is 1.03. The molecule has 2 bridgehead atoms. The van der Waals surface area contributed by atoms with Crippen molar-refractivity contribution in [1.82, 2.24) is 9.97 Å². The molecule has 6 heteroatoms. The van der Waals surface area contributed by atoms with Crippen molar-refractivity contribution >= 4 is 22.5 Å². The molecule has 2 aliphatic heterocycles. The number of nitrogens with two attached hydrogens (primary N) is 1. The molecule has 2 fully saturated rings. The Kier molecular flexibility index (Phi) is 4.16. The fourth-order valence-corrected chi connectivity index (χ4v) is 4.40. The van der Waals surface area contributed by atoms with Crippen LogP contribution in [0, 0.1) is 5.82 Å². The Labute approximate surface area is 163 Å². The van der Waals surface area contributed by atoms with E-state index in [2.05, 4.69) is 9.88 Å². The van der Waals surface area contributed by atoms with Crippen LogP contribution in [-0.2, 0) is 11.2 Å². The zero-order valence-corrected chi connectivity index (χ0v) is 15.9. The van der Waals surface area contributed by atoms with E-state index < -0.39 is 0 Å². The van der Waals surface area contributed by atoms with E-state index in [1.165, 1.54) is 6.07 Å². The minimum absolute atomic E-state index is 0.274. The second kappa shape index (κ2) is 6.71. The van der Waals surface area contributed by atoms with E-state index in [1.807, 2.05) is 25.1 Å². The lowest BCUT2D eigenvalue weighted by atomic mass is 9.98. The maximum Gasteiger partial charge on any atom is 0.133 e. The zero-order chi connectivity index (χ0) is 19.3. The summed E-state index contributed by atoms with van der Waals surface area (Å²) in [7, 11) is 0. The molecular formula is C22H23FN4O. The Bertz CT molecular complexity index is 1040. The summed E-state index contributed by atoms with van der Waals surface area (Å²) in [6.07, 6.45) is 3.42. The number of nitrogen functional groups attached to an aromatic ring is 1. The van der Waals surface area contributed by atoms with Crippen LogP contribution in [0.2, 0.25) is 0 Å². The van der Waals surface area contributed by atoms with Crippen LogP contribution < -0.4 is 10.6 Å². The van der Waals surface area contributed by atoms with Gasteiger partial charge in [-0.15, -0.1) is 0 Å². The average molecular weight is 378 g/mol. The molecule has 0 amide bonds. The Hall–Kier alpha value is -2.73. The van der Waals surface area contributed by atoms with Crippen molar-refractivity contribution in [2.24, 2.45) is 0 Å². The first kappa shape index (κ1) is 17.4. The normalized spacial score (nSPS) is 21.4. The van der Waals surface area contributed by atoms with Crippen molar-refractivity contribution in [3.63, 3.8) is 0 Å². The van der Waals surface area contributed by atoms with Crippen LogP contribution >= 0.6 is 0 Å². The molecule has 0 spiro atoms. The van der Waals surface area contributed by atoms with Crippen LogP contribution in [-0.4, -0.2) is 35.3 Å². The standard InChI is InChI=1S/C22H23FN4O/c1-2-18-16(7-9-19(24)25-18)21-17(23)8-3-13-4-10-20(26-22(13)21)27-11-14-5-6-15(12-27)28-14/h3-4,7-10,14-15H,2,5-6,11-12H2,1H3,(H2,24,25). The summed E-state index contributed by atoms with van der Waals surface area (Å²) >= 11 is 0. The smallest absolute Gasteiger partial charge is 0.133 e. The topological polar surface area (TPSA) is 64.3 Å². The molecule has 2 atom stereocenters. The number of hydrogen-bond acceptors (Lipinski definition) is 5. The molecule has 3 aromatic rings. The van der Waals surface area contributed by atoms with Gasteiger partial charge in [0.15, 0.2) is 0 Å². The van der Waals surface area contributed by atoms with E-state index in [9.17, 15) is 4.39 Å². The number of morpholine rings is 1. The predicted octanol–water partition coefficient (Wildman–Crippen LogP) is 3.95. The molecule has 0 aliphatic carbocycles. The number of halogens is 1. The van der Waals surface area contributed by atoms with E-state index in [0.717, 1.165) is 48.4 Å². The number of benzene rings is 1. The van der Waals surface area contributed by atoms with Gasteiger partial charge in [0.2, 0.25) is 0 Å². The number of fused-ring (bicyclic) bond motifs is 3. The molecule has 5 rings (SSSR count). The van der Waals surface area contributed by atoms with Crippen LogP contribution in [0.1, 0.15) is 25.5 Å². The fourth-order valence-electron chi connectivity index (χ4n) is 4.40. The van der Waals surface area contributed by atoms with Crippen molar-refractivity contribution in [1.29, 1.82) is 0 Å². The van der Waals surface area contributed by atoms with Crippen LogP contribution in [0.15, 0.2) is 36.4 Å². The highest BCUT2D eigenvalue weighted by Crippen LogP contribution is 2.35. The molecule has 0 radical (unpaired) electrons. The van der Waals surface area contributed by atoms with Gasteiger partial charge in [0.25, 0.3) is 0 Å². The third kappa shape index (κ3) is 2.88. The third-order valence-electron chi connectivity index (χ3n) is 5.76. The molecule has 2 aliphatic rings. The van der Waals surface area contributed by atoms with E-state index >= 15 is 0 Å². The van der Waals surface area contributed by atoms with Crippen molar-refractivity contribution in [3.8, 4) is 11.1 Å². The molecule has 2 saturated heterocycles. The van der Waals surface area contributed by atoms with Crippen molar-refractivity contribution < 1.29 is 9.13 Å². The highest BCUT2D eigenvalue weighted by atomic mass is 19.1. The Morgan fingerprint density at radius 1 is 1.07 bits per heavy atom. The van der Waals surface area contributed by atoms with Crippen LogP contribution in [0.4, 0.5) is 16.0 Å². The number of aryl methyl sites for hydroxylation is 1. The van der Waals surface area contributed by atoms with Gasteiger partial charge in [0, 0.05) is 29.6 Å². The van der Waals surface area contributed by atoms with Gasteiger partial charge in [-0.3, -0.25) is 0 Å². The SMILES string of the molecule is CCc1nc(N)ccc1-c1c(F)ccc2ccc(N3CC4CCC(C3)O4)nc12. The van der Waals surface area contributed by atoms with Gasteiger partial charge >= 0.3 is 0 Å². The first-order valence-electron chi connectivity index (χ1n) is 9.88. The van der Waals surface area contributed by atoms with Crippen LogP contribution in [0.3, 0.4) is 0 Å². The molecular weight excluding hydrogens is 355 g/mol. The number of anilines is 2. The number of aromatic nitrogens is 2. The van der Waals surface area contributed by atoms with Gasteiger partial charge in [0.1, 0.15) is 17.5 Å². The minimum atomic E-state index is -0.291. The Morgan fingerprint density at radius 2 is 1.82 bits per heavy atom. The molecule has 2 N–H and O–H groups in total. The second-order valence-electron chi connectivity index (χ2n) is 7.61. The Morgan fingerprint density at radius 3 is 2.57 bits per heavy atom. The lowest BCUT2D eigenvalue weighted by Crippen LogP contribution is -2.43. The molecule has 1 aromatic carbocycles. The maximum absolute atomic E-state index is 15.0. The molecule has 5 nitrogen and oxygen atoms in total. The monoisotopic (exact) mass is 378 g/mol. The molecule has 4 heterocycles. The minimum Gasteiger partial charge on any atom is -0.384 e. The van der Waals surface area contributed by atoms with E-state index in [-0.39, 0.29) is 18.0 Å². The lowest BCUT2D eigenvalue weighted by Gasteiger charge is -2.33. The number of nitrogens with zero attached hydrogens (tertiary/aromatic N) is 3. The van der Waals surface area contributed by atoms with Gasteiger partial charge in [-0.1, -0.05) is 6.92 Å². The quantitative estimate of drug-likeness (QED) is 0.748. The number of rotatable bonds is 3. The van der Waals surface area contributed by atoms with Gasteiger partial charge in [-0.2, -0.15) is 0 Å². The van der Waals surface area contributed by atoms with E-state index in [4.69, 9.17) is 15.5 Å². The van der Waals surface area contributed by atoms with Crippen molar-refractivity contribution in [3.05, 3.63) is 47.9 Å². The first-order chi connectivity index (χ1) is 13.6. The first-order valence-corrected chi connectivity index (χ1v) is 9.88. The van der Waals surface area contributed by atoms with Gasteiger partial charge in [-0.05, 0) is 55.7 Å². The second-order valence-corrected chi connectivity index (χ2v) is 7.61. The average Bonchev–Trinajstić information content (AvgIpc) is 3.05. The van der Waals surface area contributed by atoms with Crippen LogP contribution in [0.5, 0.6) is 0 Å². The predicted molar refractivity (Wildman–Crippen MR) is 109 cm³/mol. The largest absolute Gasteiger partial charge is 0.384 e. The van der Waals surface area contributed by atoms with Gasteiger partial charge in [0.05, 0.1) is 23.4 Å². The fraction of sp³-hybridized carbons (Fsp3) is 0.364. The summed E-state index contributed by atoms with van der Waals surface area (Å²) in [5, 5.41) is 0.912. The summed E-state index contributed by atoms with van der Waals surface area (Å²) in [6.45, 7) is 3.67. The summed E-state index contributed by atoms with van der Waals surface area (Å²) in [4.78, 5) is 11.6. The molecule has 144 valence electrons. The maximum atomic E-state index is 15.0. The van der Waals surface area contributed by atoms with Crippen molar-refractivity contribution in [2.75, 3.05) is 23.7 Å². The van der Waals surface area contributed by atoms with Gasteiger partial charge < -0.3 is 15.4 Å². The van der Waals surface area contributed by atoms with Gasteiger partial charge in [-0.25, -0.2) is 14.4 Å². The zero-order valence-electron chi connectivity index (χ0n) is 15.9. The third-order valence-corrected chi connectivity index (χ3v) is 5.76. The van der Waals surface area contributed by atoms with E-state index in [0.29, 0.717) is 23.3 Å². The summed E-state index contributed by atoms with van der Waals surface area (Å²) < 4.78 is 20.9. The summed E-state index contributed by atoms with van der Waals surface area (Å²) in [6, 6.07) is 10.9. The highest BCUT2D eigenvalue weighted by Gasteiger charge is 2.34. The highest BCUT2D eigenvalue weighted by molar-refractivity contribution is 5.95.